The van der Waals surface area contributed by atoms with E-state index in [1.165, 1.54) is 29.4 Å². The SMILES string of the molecule is CCc1ccc(NC(=O)C(C)OC(=O)c2ccc(Cl)c(S(=O)(=O)N3CCOCC3)c2)cc1. The molecular formula is C22H25ClN2O6S. The maximum atomic E-state index is 12.9. The molecule has 10 heteroatoms. The standard InChI is InChI=1S/C22H25ClN2O6S/c1-3-16-4-7-18(8-5-16)24-21(26)15(2)31-22(27)17-6-9-19(23)20(14-17)32(28,29)25-10-12-30-13-11-25/h4-9,14-15H,3,10-13H2,1-2H3,(H,24,26). The van der Waals surface area contributed by atoms with Crippen LogP contribution in [0.15, 0.2) is 47.4 Å². The number of benzene rings is 2. The molecular weight excluding hydrogens is 456 g/mol. The van der Waals surface area contributed by atoms with E-state index in [1.807, 2.05) is 19.1 Å². The zero-order valence-corrected chi connectivity index (χ0v) is 19.4. The van der Waals surface area contributed by atoms with Crippen molar-refractivity contribution in [2.75, 3.05) is 31.6 Å². The van der Waals surface area contributed by atoms with E-state index in [0.717, 1.165) is 12.0 Å². The van der Waals surface area contributed by atoms with E-state index in [1.54, 1.807) is 12.1 Å². The first-order valence-corrected chi connectivity index (χ1v) is 12.0. The second-order valence-corrected chi connectivity index (χ2v) is 9.56. The van der Waals surface area contributed by atoms with Gasteiger partial charge >= 0.3 is 5.97 Å². The third kappa shape index (κ3) is 5.66. The molecule has 0 radical (unpaired) electrons. The monoisotopic (exact) mass is 480 g/mol. The summed E-state index contributed by atoms with van der Waals surface area (Å²) in [6.45, 7) is 4.44. The summed E-state index contributed by atoms with van der Waals surface area (Å²) < 4.78 is 37.6. The van der Waals surface area contributed by atoms with Crippen LogP contribution in [0.2, 0.25) is 5.02 Å². The first-order valence-electron chi connectivity index (χ1n) is 10.2. The molecule has 1 heterocycles. The molecule has 172 valence electrons. The van der Waals surface area contributed by atoms with Crippen LogP contribution in [0.5, 0.6) is 0 Å². The van der Waals surface area contributed by atoms with Crippen LogP contribution >= 0.6 is 11.6 Å². The van der Waals surface area contributed by atoms with Crippen molar-refractivity contribution in [3.8, 4) is 0 Å². The van der Waals surface area contributed by atoms with Crippen LogP contribution in [0, 0.1) is 0 Å². The molecule has 2 aromatic carbocycles. The van der Waals surface area contributed by atoms with Gasteiger partial charge in [-0.2, -0.15) is 4.31 Å². The van der Waals surface area contributed by atoms with Crippen LogP contribution < -0.4 is 5.32 Å². The molecule has 32 heavy (non-hydrogen) atoms. The number of carbonyl (C=O) groups is 2. The van der Waals surface area contributed by atoms with Gasteiger partial charge in [0.2, 0.25) is 10.0 Å². The van der Waals surface area contributed by atoms with Crippen molar-refractivity contribution in [2.45, 2.75) is 31.3 Å². The highest BCUT2D eigenvalue weighted by atomic mass is 35.5. The van der Waals surface area contributed by atoms with E-state index in [-0.39, 0.29) is 41.8 Å². The lowest BCUT2D eigenvalue weighted by molar-refractivity contribution is -0.123. The summed E-state index contributed by atoms with van der Waals surface area (Å²) in [5, 5.41) is 2.68. The van der Waals surface area contributed by atoms with Gasteiger partial charge in [0.25, 0.3) is 5.91 Å². The Hall–Kier alpha value is -2.46. The first-order chi connectivity index (χ1) is 15.2. The average molecular weight is 481 g/mol. The minimum Gasteiger partial charge on any atom is -0.449 e. The van der Waals surface area contributed by atoms with Gasteiger partial charge in [-0.15, -0.1) is 0 Å². The lowest BCUT2D eigenvalue weighted by Crippen LogP contribution is -2.40. The molecule has 0 spiro atoms. The second-order valence-electron chi connectivity index (χ2n) is 7.25. The van der Waals surface area contributed by atoms with Crippen LogP contribution in [-0.4, -0.2) is 57.0 Å². The molecule has 3 rings (SSSR count). The minimum atomic E-state index is -3.91. The average Bonchev–Trinajstić information content (AvgIpc) is 2.80. The number of anilines is 1. The van der Waals surface area contributed by atoms with Crippen LogP contribution in [-0.2, 0) is 30.7 Å². The fourth-order valence-corrected chi connectivity index (χ4v) is 5.01. The van der Waals surface area contributed by atoms with Crippen molar-refractivity contribution in [1.82, 2.24) is 4.31 Å². The number of hydrogen-bond acceptors (Lipinski definition) is 6. The Morgan fingerprint density at radius 1 is 1.16 bits per heavy atom. The summed E-state index contributed by atoms with van der Waals surface area (Å²) in [7, 11) is -3.91. The Balaban J connectivity index is 1.70. The summed E-state index contributed by atoms with van der Waals surface area (Å²) in [6, 6.07) is 11.2. The predicted octanol–water partition coefficient (Wildman–Crippen LogP) is 3.11. The molecule has 1 unspecified atom stereocenters. The molecule has 0 bridgehead atoms. The molecule has 1 aliphatic heterocycles. The Bertz CT molecular complexity index is 1080. The molecule has 1 fully saturated rings. The summed E-state index contributed by atoms with van der Waals surface area (Å²) in [5.41, 5.74) is 1.70. The van der Waals surface area contributed by atoms with Crippen molar-refractivity contribution >= 4 is 39.2 Å². The second kappa shape index (κ2) is 10.4. The third-order valence-corrected chi connectivity index (χ3v) is 7.42. The maximum absolute atomic E-state index is 12.9. The summed E-state index contributed by atoms with van der Waals surface area (Å²) >= 11 is 6.12. The molecule has 1 atom stereocenters. The highest BCUT2D eigenvalue weighted by Gasteiger charge is 2.29. The zero-order valence-electron chi connectivity index (χ0n) is 17.8. The van der Waals surface area contributed by atoms with E-state index in [0.29, 0.717) is 5.69 Å². The molecule has 1 amide bonds. The smallest absolute Gasteiger partial charge is 0.338 e. The van der Waals surface area contributed by atoms with Gasteiger partial charge in [0.1, 0.15) is 4.90 Å². The van der Waals surface area contributed by atoms with Gasteiger partial charge < -0.3 is 14.8 Å². The fourth-order valence-electron chi connectivity index (χ4n) is 3.10. The zero-order chi connectivity index (χ0) is 23.3. The van der Waals surface area contributed by atoms with Gasteiger partial charge in [0, 0.05) is 18.8 Å². The topological polar surface area (TPSA) is 102 Å². The molecule has 1 N–H and O–H groups in total. The van der Waals surface area contributed by atoms with Crippen LogP contribution in [0.4, 0.5) is 5.69 Å². The van der Waals surface area contributed by atoms with Crippen molar-refractivity contribution in [2.24, 2.45) is 0 Å². The van der Waals surface area contributed by atoms with Gasteiger partial charge in [-0.25, -0.2) is 13.2 Å². The van der Waals surface area contributed by atoms with Gasteiger partial charge in [0.15, 0.2) is 6.10 Å². The van der Waals surface area contributed by atoms with E-state index in [4.69, 9.17) is 21.1 Å². The van der Waals surface area contributed by atoms with E-state index in [2.05, 4.69) is 5.32 Å². The fraction of sp³-hybridized carbons (Fsp3) is 0.364. The molecule has 0 aromatic heterocycles. The molecule has 1 aliphatic rings. The summed E-state index contributed by atoms with van der Waals surface area (Å²) in [4.78, 5) is 24.8. The highest BCUT2D eigenvalue weighted by Crippen LogP contribution is 2.27. The normalized spacial score (nSPS) is 15.7. The molecule has 1 saturated heterocycles. The first kappa shape index (κ1) is 24.2. The number of esters is 1. The summed E-state index contributed by atoms with van der Waals surface area (Å²) in [5.74, 6) is -1.33. The minimum absolute atomic E-state index is 0.00522. The number of aryl methyl sites for hydroxylation is 1. The number of hydrogen-bond donors (Lipinski definition) is 1. The van der Waals surface area contributed by atoms with Crippen molar-refractivity contribution in [1.29, 1.82) is 0 Å². The highest BCUT2D eigenvalue weighted by molar-refractivity contribution is 7.89. The van der Waals surface area contributed by atoms with E-state index >= 15 is 0 Å². The molecule has 0 aliphatic carbocycles. The van der Waals surface area contributed by atoms with Crippen molar-refractivity contribution in [3.05, 3.63) is 58.6 Å². The number of nitrogens with zero attached hydrogens (tertiary/aromatic N) is 1. The molecule has 2 aromatic rings. The molecule has 8 nitrogen and oxygen atoms in total. The number of ether oxygens (including phenoxy) is 2. The Morgan fingerprint density at radius 2 is 1.81 bits per heavy atom. The van der Waals surface area contributed by atoms with Gasteiger partial charge in [0.05, 0.1) is 23.8 Å². The van der Waals surface area contributed by atoms with Crippen LogP contribution in [0.1, 0.15) is 29.8 Å². The quantitative estimate of drug-likeness (QED) is 0.611. The maximum Gasteiger partial charge on any atom is 0.338 e. The van der Waals surface area contributed by atoms with E-state index in [9.17, 15) is 18.0 Å². The Morgan fingerprint density at radius 3 is 2.44 bits per heavy atom. The van der Waals surface area contributed by atoms with Crippen molar-refractivity contribution in [3.63, 3.8) is 0 Å². The van der Waals surface area contributed by atoms with Crippen molar-refractivity contribution < 1.29 is 27.5 Å². The van der Waals surface area contributed by atoms with E-state index < -0.39 is 28.0 Å². The summed E-state index contributed by atoms with van der Waals surface area (Å²) in [6.07, 6.45) is -0.213. The largest absolute Gasteiger partial charge is 0.449 e. The predicted molar refractivity (Wildman–Crippen MR) is 120 cm³/mol. The number of nitrogens with one attached hydrogen (secondary N) is 1. The number of amides is 1. The number of sulfonamides is 1. The lowest BCUT2D eigenvalue weighted by Gasteiger charge is -2.26. The van der Waals surface area contributed by atoms with Crippen LogP contribution in [0.3, 0.4) is 0 Å². The third-order valence-electron chi connectivity index (χ3n) is 5.04. The molecule has 0 saturated carbocycles. The number of carbonyl (C=O) groups excluding carboxylic acids is 2. The number of morpholine rings is 1. The lowest BCUT2D eigenvalue weighted by atomic mass is 10.1. The number of halogens is 1. The Labute approximate surface area is 192 Å². The Kier molecular flexibility index (Phi) is 7.89. The van der Waals surface area contributed by atoms with Gasteiger partial charge in [-0.05, 0) is 49.2 Å². The van der Waals surface area contributed by atoms with Gasteiger partial charge in [-0.3, -0.25) is 4.79 Å². The van der Waals surface area contributed by atoms with Crippen LogP contribution in [0.25, 0.3) is 0 Å². The van der Waals surface area contributed by atoms with Gasteiger partial charge in [-0.1, -0.05) is 30.7 Å². The number of rotatable bonds is 7.